The number of carbonyl (C=O) groups excluding carboxylic acids is 1. The third-order valence-electron chi connectivity index (χ3n) is 3.04. The molecule has 0 unspecified atom stereocenters. The van der Waals surface area contributed by atoms with Gasteiger partial charge in [0.2, 0.25) is 0 Å². The van der Waals surface area contributed by atoms with Gasteiger partial charge < -0.3 is 15.3 Å². The third-order valence-corrected chi connectivity index (χ3v) is 4.66. The predicted molar refractivity (Wildman–Crippen MR) is 91.4 cm³/mol. The highest BCUT2D eigenvalue weighted by Crippen LogP contribution is 2.23. The van der Waals surface area contributed by atoms with Crippen molar-refractivity contribution >= 4 is 44.5 Å². The van der Waals surface area contributed by atoms with Crippen molar-refractivity contribution in [2.45, 2.75) is 6.92 Å². The number of carbonyl (C=O) groups is 1. The van der Waals surface area contributed by atoms with Crippen molar-refractivity contribution < 1.29 is 9.90 Å². The number of likely N-dealkylation sites (N-methyl/N-ethyl adjacent to an activating group) is 1. The van der Waals surface area contributed by atoms with Crippen LogP contribution in [0.4, 0.5) is 11.4 Å². The number of nitrogens with zero attached hydrogens (tertiary/aromatic N) is 1. The highest BCUT2D eigenvalue weighted by atomic mass is 79.9. The number of aliphatic hydroxyl groups excluding tert-OH is 1. The number of amides is 1. The summed E-state index contributed by atoms with van der Waals surface area (Å²) in [5, 5.41) is 11.9. The van der Waals surface area contributed by atoms with Gasteiger partial charge in [0, 0.05) is 24.5 Å². The Morgan fingerprint density at radius 1 is 1.29 bits per heavy atom. The van der Waals surface area contributed by atoms with E-state index >= 15 is 0 Å². The molecule has 6 heteroatoms. The van der Waals surface area contributed by atoms with Crippen molar-refractivity contribution in [3.05, 3.63) is 45.1 Å². The number of aliphatic hydroxyl groups is 1. The Morgan fingerprint density at radius 3 is 2.52 bits per heavy atom. The summed E-state index contributed by atoms with van der Waals surface area (Å²) in [7, 11) is 0. The molecular weight excluding hydrogens is 352 g/mol. The average molecular weight is 369 g/mol. The summed E-state index contributed by atoms with van der Waals surface area (Å²) < 4.78 is 0.936. The van der Waals surface area contributed by atoms with Gasteiger partial charge in [0.1, 0.15) is 0 Å². The number of anilines is 2. The van der Waals surface area contributed by atoms with E-state index in [2.05, 4.69) is 26.1 Å². The van der Waals surface area contributed by atoms with Crippen molar-refractivity contribution in [1.29, 1.82) is 0 Å². The summed E-state index contributed by atoms with van der Waals surface area (Å²) in [5.74, 6) is -0.110. The van der Waals surface area contributed by atoms with Crippen molar-refractivity contribution in [3.63, 3.8) is 0 Å². The van der Waals surface area contributed by atoms with Crippen LogP contribution in [0.15, 0.2) is 40.2 Å². The Kier molecular flexibility index (Phi) is 5.78. The summed E-state index contributed by atoms with van der Waals surface area (Å²) in [6.45, 7) is 3.60. The van der Waals surface area contributed by atoms with E-state index in [-0.39, 0.29) is 12.5 Å². The molecule has 0 spiro atoms. The first-order valence-electron chi connectivity index (χ1n) is 6.66. The van der Waals surface area contributed by atoms with Crippen LogP contribution < -0.4 is 10.2 Å². The summed E-state index contributed by atoms with van der Waals surface area (Å²) >= 11 is 4.75. The number of benzene rings is 1. The van der Waals surface area contributed by atoms with Crippen LogP contribution in [0.2, 0.25) is 0 Å². The number of thiophene rings is 1. The first-order valence-corrected chi connectivity index (χ1v) is 8.27. The standard InChI is InChI=1S/C15H17BrN2O2S/c1-2-18(9-10-19)12-5-3-11(4-6-12)17-15(20)13-7-8-14(16)21-13/h3-8,19H,2,9-10H2,1H3,(H,17,20). The average Bonchev–Trinajstić information content (AvgIpc) is 2.92. The molecule has 1 amide bonds. The molecule has 0 saturated carbocycles. The molecule has 2 rings (SSSR count). The van der Waals surface area contributed by atoms with Crippen LogP contribution in [0.25, 0.3) is 0 Å². The van der Waals surface area contributed by atoms with Crippen LogP contribution in [0.5, 0.6) is 0 Å². The highest BCUT2D eigenvalue weighted by Gasteiger charge is 2.09. The fourth-order valence-electron chi connectivity index (χ4n) is 1.98. The molecule has 1 heterocycles. The minimum Gasteiger partial charge on any atom is -0.395 e. The molecule has 0 aliphatic carbocycles. The van der Waals surface area contributed by atoms with E-state index in [4.69, 9.17) is 5.11 Å². The normalized spacial score (nSPS) is 10.4. The molecule has 0 bridgehead atoms. The Balaban J connectivity index is 2.03. The van der Waals surface area contributed by atoms with Crippen molar-refractivity contribution in [3.8, 4) is 0 Å². The maximum Gasteiger partial charge on any atom is 0.265 e. The predicted octanol–water partition coefficient (Wildman–Crippen LogP) is 3.58. The van der Waals surface area contributed by atoms with Crippen LogP contribution in [0.3, 0.4) is 0 Å². The zero-order valence-electron chi connectivity index (χ0n) is 11.7. The topological polar surface area (TPSA) is 52.6 Å². The fraction of sp³-hybridized carbons (Fsp3) is 0.267. The van der Waals surface area contributed by atoms with E-state index in [1.807, 2.05) is 37.3 Å². The van der Waals surface area contributed by atoms with Gasteiger partial charge in [-0.3, -0.25) is 4.79 Å². The monoisotopic (exact) mass is 368 g/mol. The molecule has 0 aliphatic rings. The summed E-state index contributed by atoms with van der Waals surface area (Å²) in [4.78, 5) is 14.8. The molecule has 1 aromatic carbocycles. The van der Waals surface area contributed by atoms with Crippen LogP contribution >= 0.6 is 27.3 Å². The summed E-state index contributed by atoms with van der Waals surface area (Å²) in [5.41, 5.74) is 1.79. The van der Waals surface area contributed by atoms with Crippen LogP contribution in [-0.4, -0.2) is 30.7 Å². The largest absolute Gasteiger partial charge is 0.395 e. The van der Waals surface area contributed by atoms with Gasteiger partial charge in [-0.1, -0.05) is 0 Å². The zero-order valence-corrected chi connectivity index (χ0v) is 14.1. The lowest BCUT2D eigenvalue weighted by Gasteiger charge is -2.22. The van der Waals surface area contributed by atoms with Gasteiger partial charge in [-0.25, -0.2) is 0 Å². The summed E-state index contributed by atoms with van der Waals surface area (Å²) in [6.07, 6.45) is 0. The maximum absolute atomic E-state index is 12.0. The fourth-order valence-corrected chi connectivity index (χ4v) is 3.26. The molecule has 0 atom stereocenters. The van der Waals surface area contributed by atoms with E-state index in [1.165, 1.54) is 11.3 Å². The van der Waals surface area contributed by atoms with Gasteiger partial charge in [0.25, 0.3) is 5.91 Å². The van der Waals surface area contributed by atoms with Gasteiger partial charge in [-0.15, -0.1) is 11.3 Å². The van der Waals surface area contributed by atoms with Crippen LogP contribution in [0, 0.1) is 0 Å². The van der Waals surface area contributed by atoms with E-state index in [0.29, 0.717) is 11.4 Å². The Hall–Kier alpha value is -1.37. The van der Waals surface area contributed by atoms with Crippen molar-refractivity contribution in [2.24, 2.45) is 0 Å². The minimum atomic E-state index is -0.110. The number of hydrogen-bond donors (Lipinski definition) is 2. The van der Waals surface area contributed by atoms with Crippen LogP contribution in [0.1, 0.15) is 16.6 Å². The van der Waals surface area contributed by atoms with E-state index in [0.717, 1.165) is 21.7 Å². The lowest BCUT2D eigenvalue weighted by atomic mass is 10.2. The minimum absolute atomic E-state index is 0.110. The van der Waals surface area contributed by atoms with Crippen LogP contribution in [-0.2, 0) is 0 Å². The lowest BCUT2D eigenvalue weighted by Crippen LogP contribution is -2.26. The highest BCUT2D eigenvalue weighted by molar-refractivity contribution is 9.11. The number of halogens is 1. The maximum atomic E-state index is 12.0. The SMILES string of the molecule is CCN(CCO)c1ccc(NC(=O)c2ccc(Br)s2)cc1. The van der Waals surface area contributed by atoms with Gasteiger partial charge in [0.15, 0.2) is 0 Å². The second kappa shape index (κ2) is 7.59. The molecule has 0 saturated heterocycles. The molecule has 0 fully saturated rings. The second-order valence-corrected chi connectivity index (χ2v) is 6.87. The van der Waals surface area contributed by atoms with Gasteiger partial charge in [0.05, 0.1) is 15.3 Å². The van der Waals surface area contributed by atoms with Gasteiger partial charge in [-0.2, -0.15) is 0 Å². The third kappa shape index (κ3) is 4.30. The number of nitrogens with one attached hydrogen (secondary N) is 1. The summed E-state index contributed by atoms with van der Waals surface area (Å²) in [6, 6.07) is 11.3. The van der Waals surface area contributed by atoms with E-state index in [1.54, 1.807) is 6.07 Å². The van der Waals surface area contributed by atoms with Crippen molar-refractivity contribution in [2.75, 3.05) is 29.9 Å². The first kappa shape index (κ1) is 16.0. The Bertz CT molecular complexity index is 598. The van der Waals surface area contributed by atoms with E-state index in [9.17, 15) is 4.79 Å². The molecule has 112 valence electrons. The molecule has 0 radical (unpaired) electrons. The number of hydrogen-bond acceptors (Lipinski definition) is 4. The Labute approximate surface area is 136 Å². The van der Waals surface area contributed by atoms with Gasteiger partial charge in [-0.05, 0) is 59.3 Å². The second-order valence-electron chi connectivity index (χ2n) is 4.41. The number of rotatable bonds is 6. The molecule has 21 heavy (non-hydrogen) atoms. The molecule has 0 aliphatic heterocycles. The van der Waals surface area contributed by atoms with Gasteiger partial charge >= 0.3 is 0 Å². The smallest absolute Gasteiger partial charge is 0.265 e. The lowest BCUT2D eigenvalue weighted by molar-refractivity contribution is 0.103. The molecule has 2 N–H and O–H groups in total. The van der Waals surface area contributed by atoms with Crippen molar-refractivity contribution in [1.82, 2.24) is 0 Å². The molecular formula is C15H17BrN2O2S. The molecule has 2 aromatic rings. The molecule has 4 nitrogen and oxygen atoms in total. The molecule has 1 aromatic heterocycles. The zero-order chi connectivity index (χ0) is 15.2. The Morgan fingerprint density at radius 2 is 2.00 bits per heavy atom. The quantitative estimate of drug-likeness (QED) is 0.819. The van der Waals surface area contributed by atoms with E-state index < -0.39 is 0 Å². The first-order chi connectivity index (χ1) is 10.1.